The zero-order valence-electron chi connectivity index (χ0n) is 10.9. The number of ether oxygens (including phenoxy) is 1. The van der Waals surface area contributed by atoms with Crippen molar-refractivity contribution in [2.24, 2.45) is 0 Å². The van der Waals surface area contributed by atoms with Crippen LogP contribution in [0.4, 0.5) is 0 Å². The molecule has 1 atom stereocenters. The number of nitrogens with zero attached hydrogens (tertiary/aromatic N) is 1. The Morgan fingerprint density at radius 3 is 2.53 bits per heavy atom. The number of hydrogen-bond donors (Lipinski definition) is 1. The highest BCUT2D eigenvalue weighted by molar-refractivity contribution is 4.62. The van der Waals surface area contributed by atoms with Gasteiger partial charge in [0.1, 0.15) is 0 Å². The molecule has 3 heteroatoms. The summed E-state index contributed by atoms with van der Waals surface area (Å²) >= 11 is 0. The van der Waals surface area contributed by atoms with Crippen LogP contribution < -0.4 is 5.32 Å². The summed E-state index contributed by atoms with van der Waals surface area (Å²) in [5.41, 5.74) is 0. The molecular weight excluding hydrogens is 188 g/mol. The molecule has 0 aliphatic heterocycles. The van der Waals surface area contributed by atoms with Crippen molar-refractivity contribution < 1.29 is 4.74 Å². The third kappa shape index (κ3) is 8.85. The molecule has 92 valence electrons. The quantitative estimate of drug-likeness (QED) is 0.602. The van der Waals surface area contributed by atoms with E-state index in [9.17, 15) is 0 Å². The number of rotatable bonds is 10. The van der Waals surface area contributed by atoms with Crippen LogP contribution in [0.3, 0.4) is 0 Å². The predicted octanol–water partition coefficient (Wildman–Crippen LogP) is 1.73. The summed E-state index contributed by atoms with van der Waals surface area (Å²) in [6.07, 6.45) is 2.59. The summed E-state index contributed by atoms with van der Waals surface area (Å²) in [6, 6.07) is 0.458. The Balaban J connectivity index is 3.44. The van der Waals surface area contributed by atoms with Gasteiger partial charge in [0.05, 0.1) is 6.61 Å². The molecule has 15 heavy (non-hydrogen) atoms. The van der Waals surface area contributed by atoms with E-state index in [4.69, 9.17) is 4.74 Å². The zero-order chi connectivity index (χ0) is 11.5. The van der Waals surface area contributed by atoms with Gasteiger partial charge >= 0.3 is 0 Å². The van der Waals surface area contributed by atoms with Crippen molar-refractivity contribution in [3.63, 3.8) is 0 Å². The van der Waals surface area contributed by atoms with E-state index in [0.29, 0.717) is 6.04 Å². The number of methoxy groups -OCH3 is 1. The lowest BCUT2D eigenvalue weighted by Crippen LogP contribution is -2.38. The maximum absolute atomic E-state index is 5.08. The Labute approximate surface area is 95.2 Å². The molecule has 0 radical (unpaired) electrons. The molecule has 1 N–H and O–H groups in total. The Morgan fingerprint density at radius 1 is 1.27 bits per heavy atom. The molecule has 0 amide bonds. The van der Waals surface area contributed by atoms with Gasteiger partial charge in [-0.3, -0.25) is 0 Å². The fourth-order valence-electron chi connectivity index (χ4n) is 1.59. The van der Waals surface area contributed by atoms with Gasteiger partial charge in [-0.2, -0.15) is 0 Å². The summed E-state index contributed by atoms with van der Waals surface area (Å²) in [4.78, 5) is 2.50. The second kappa shape index (κ2) is 10.4. The maximum atomic E-state index is 5.08. The lowest BCUT2D eigenvalue weighted by atomic mass is 10.3. The SMILES string of the molecule is CCCCN(CC)CCNC(C)COC. The normalized spacial score (nSPS) is 13.4. The Kier molecular flexibility index (Phi) is 10.3. The van der Waals surface area contributed by atoms with Gasteiger partial charge in [0.15, 0.2) is 0 Å². The monoisotopic (exact) mass is 216 g/mol. The summed E-state index contributed by atoms with van der Waals surface area (Å²) in [5, 5.41) is 3.46. The molecule has 0 aliphatic carbocycles. The van der Waals surface area contributed by atoms with Crippen LogP contribution in [0.1, 0.15) is 33.6 Å². The molecule has 0 aromatic carbocycles. The Morgan fingerprint density at radius 2 is 2.00 bits per heavy atom. The van der Waals surface area contributed by atoms with Crippen LogP contribution in [-0.4, -0.2) is 50.8 Å². The molecule has 0 bridgehead atoms. The molecule has 1 unspecified atom stereocenters. The largest absolute Gasteiger partial charge is 0.383 e. The van der Waals surface area contributed by atoms with Crippen molar-refractivity contribution in [3.05, 3.63) is 0 Å². The fraction of sp³-hybridized carbons (Fsp3) is 1.00. The molecule has 0 heterocycles. The first kappa shape index (κ1) is 14.9. The van der Waals surface area contributed by atoms with E-state index in [1.807, 2.05) is 0 Å². The van der Waals surface area contributed by atoms with E-state index >= 15 is 0 Å². The van der Waals surface area contributed by atoms with Crippen molar-refractivity contribution in [2.75, 3.05) is 39.9 Å². The summed E-state index contributed by atoms with van der Waals surface area (Å²) in [7, 11) is 1.75. The lowest BCUT2D eigenvalue weighted by molar-refractivity contribution is 0.169. The third-order valence-corrected chi connectivity index (χ3v) is 2.61. The van der Waals surface area contributed by atoms with Crippen LogP contribution in [0.5, 0.6) is 0 Å². The van der Waals surface area contributed by atoms with E-state index in [-0.39, 0.29) is 0 Å². The molecule has 0 saturated carbocycles. The predicted molar refractivity (Wildman–Crippen MR) is 66.4 cm³/mol. The second-order valence-corrected chi connectivity index (χ2v) is 4.10. The van der Waals surface area contributed by atoms with Gasteiger partial charge in [-0.25, -0.2) is 0 Å². The van der Waals surface area contributed by atoms with Crippen molar-refractivity contribution in [2.45, 2.75) is 39.7 Å². The molecule has 0 rings (SSSR count). The highest BCUT2D eigenvalue weighted by Gasteiger charge is 2.03. The van der Waals surface area contributed by atoms with E-state index in [2.05, 4.69) is 31.0 Å². The summed E-state index contributed by atoms with van der Waals surface area (Å²) in [5.74, 6) is 0. The first-order valence-corrected chi connectivity index (χ1v) is 6.19. The average molecular weight is 216 g/mol. The molecule has 0 saturated heterocycles. The van der Waals surface area contributed by atoms with Gasteiger partial charge < -0.3 is 15.0 Å². The molecule has 0 aliphatic rings. The number of unbranched alkanes of at least 4 members (excludes halogenated alkanes) is 1. The maximum Gasteiger partial charge on any atom is 0.0613 e. The van der Waals surface area contributed by atoms with Gasteiger partial charge in [0, 0.05) is 26.2 Å². The van der Waals surface area contributed by atoms with Crippen LogP contribution in [-0.2, 0) is 4.74 Å². The van der Waals surface area contributed by atoms with Gasteiger partial charge in [0.25, 0.3) is 0 Å². The first-order chi connectivity index (χ1) is 7.24. The molecule has 0 spiro atoms. The smallest absolute Gasteiger partial charge is 0.0613 e. The minimum Gasteiger partial charge on any atom is -0.383 e. The molecule has 0 aromatic rings. The molecule has 3 nitrogen and oxygen atoms in total. The fourth-order valence-corrected chi connectivity index (χ4v) is 1.59. The van der Waals surface area contributed by atoms with Crippen LogP contribution >= 0.6 is 0 Å². The van der Waals surface area contributed by atoms with Crippen LogP contribution in [0.15, 0.2) is 0 Å². The van der Waals surface area contributed by atoms with Gasteiger partial charge in [-0.05, 0) is 26.4 Å². The van der Waals surface area contributed by atoms with Crippen molar-refractivity contribution in [1.29, 1.82) is 0 Å². The van der Waals surface area contributed by atoms with Crippen LogP contribution in [0.25, 0.3) is 0 Å². The Bertz CT molecular complexity index is 131. The molecular formula is C12H28N2O. The standard InChI is InChI=1S/C12H28N2O/c1-5-7-9-14(6-2)10-8-13-12(3)11-15-4/h12-13H,5-11H2,1-4H3. The lowest BCUT2D eigenvalue weighted by Gasteiger charge is -2.21. The van der Waals surface area contributed by atoms with E-state index in [1.54, 1.807) is 7.11 Å². The second-order valence-electron chi connectivity index (χ2n) is 4.10. The minimum atomic E-state index is 0.458. The van der Waals surface area contributed by atoms with E-state index < -0.39 is 0 Å². The summed E-state index contributed by atoms with van der Waals surface area (Å²) < 4.78 is 5.08. The number of likely N-dealkylation sites (N-methyl/N-ethyl adjacent to an activating group) is 1. The summed E-state index contributed by atoms with van der Waals surface area (Å²) in [6.45, 7) is 12.0. The van der Waals surface area contributed by atoms with Crippen LogP contribution in [0, 0.1) is 0 Å². The zero-order valence-corrected chi connectivity index (χ0v) is 10.9. The Hall–Kier alpha value is -0.120. The van der Waals surface area contributed by atoms with E-state index in [1.165, 1.54) is 19.4 Å². The third-order valence-electron chi connectivity index (χ3n) is 2.61. The number of nitrogens with one attached hydrogen (secondary N) is 1. The first-order valence-electron chi connectivity index (χ1n) is 6.19. The highest BCUT2D eigenvalue weighted by Crippen LogP contribution is 1.93. The highest BCUT2D eigenvalue weighted by atomic mass is 16.5. The van der Waals surface area contributed by atoms with Crippen molar-refractivity contribution in [1.82, 2.24) is 10.2 Å². The van der Waals surface area contributed by atoms with E-state index in [0.717, 1.165) is 26.2 Å². The van der Waals surface area contributed by atoms with Gasteiger partial charge in [-0.15, -0.1) is 0 Å². The molecule has 0 fully saturated rings. The van der Waals surface area contributed by atoms with Gasteiger partial charge in [-0.1, -0.05) is 20.3 Å². The topological polar surface area (TPSA) is 24.5 Å². The van der Waals surface area contributed by atoms with Crippen LogP contribution in [0.2, 0.25) is 0 Å². The molecule has 0 aromatic heterocycles. The number of hydrogen-bond acceptors (Lipinski definition) is 3. The average Bonchev–Trinajstić information content (AvgIpc) is 2.23. The van der Waals surface area contributed by atoms with Crippen molar-refractivity contribution >= 4 is 0 Å². The van der Waals surface area contributed by atoms with Gasteiger partial charge in [0.2, 0.25) is 0 Å². The minimum absolute atomic E-state index is 0.458. The van der Waals surface area contributed by atoms with Crippen molar-refractivity contribution in [3.8, 4) is 0 Å².